The van der Waals surface area contributed by atoms with Gasteiger partial charge in [-0.05, 0) is 11.6 Å². The van der Waals surface area contributed by atoms with Crippen LogP contribution in [0.25, 0.3) is 11.5 Å². The van der Waals surface area contributed by atoms with Crippen LogP contribution >= 0.6 is 11.6 Å². The van der Waals surface area contributed by atoms with E-state index in [1.165, 1.54) is 0 Å². The summed E-state index contributed by atoms with van der Waals surface area (Å²) in [5.74, 6) is 0.517. The van der Waals surface area contributed by atoms with Crippen molar-refractivity contribution in [3.8, 4) is 11.5 Å². The third kappa shape index (κ3) is 1.51. The van der Waals surface area contributed by atoms with E-state index in [1.54, 1.807) is 17.1 Å². The van der Waals surface area contributed by atoms with Gasteiger partial charge in [0.05, 0.1) is 12.5 Å². The van der Waals surface area contributed by atoms with Gasteiger partial charge in [-0.25, -0.2) is 4.98 Å². The van der Waals surface area contributed by atoms with Crippen molar-refractivity contribution in [1.82, 2.24) is 24.5 Å². The Morgan fingerprint density at radius 1 is 1.36 bits per heavy atom. The Balaban J connectivity index is 2.57. The number of aromatic nitrogens is 5. The van der Waals surface area contributed by atoms with Crippen LogP contribution in [0.4, 0.5) is 5.95 Å². The molecular formula is C7H7ClN6. The van der Waals surface area contributed by atoms with Gasteiger partial charge < -0.3 is 10.3 Å². The smallest absolute Gasteiger partial charge is 0.227 e. The van der Waals surface area contributed by atoms with E-state index in [9.17, 15) is 0 Å². The molecule has 0 spiro atoms. The Morgan fingerprint density at radius 3 is 2.71 bits per heavy atom. The molecule has 2 aromatic heterocycles. The Hall–Kier alpha value is -1.69. The standard InChI is InChI=1S/C7H7ClN6/c1-14-3-10-2-4(14)5-11-6(8)13-7(9)12-5/h2-3H,1H3,(H2,9,11,12,13). The third-order valence-electron chi connectivity index (χ3n) is 1.67. The van der Waals surface area contributed by atoms with Crippen molar-refractivity contribution in [1.29, 1.82) is 0 Å². The topological polar surface area (TPSA) is 82.5 Å². The first-order valence-corrected chi connectivity index (χ1v) is 4.18. The number of hydrogen-bond donors (Lipinski definition) is 1. The minimum atomic E-state index is 0.0775. The van der Waals surface area contributed by atoms with Gasteiger partial charge in [-0.15, -0.1) is 0 Å². The predicted octanol–water partition coefficient (Wildman–Crippen LogP) is 0.508. The molecule has 0 saturated carbocycles. The highest BCUT2D eigenvalue weighted by molar-refractivity contribution is 6.28. The maximum Gasteiger partial charge on any atom is 0.227 e. The third-order valence-corrected chi connectivity index (χ3v) is 1.84. The first kappa shape index (κ1) is 8.89. The molecule has 0 radical (unpaired) electrons. The lowest BCUT2D eigenvalue weighted by atomic mass is 10.4. The van der Waals surface area contributed by atoms with Crippen LogP contribution in [0.3, 0.4) is 0 Å². The number of imidazole rings is 1. The second kappa shape index (κ2) is 3.22. The largest absolute Gasteiger partial charge is 0.368 e. The SMILES string of the molecule is Cn1cncc1-c1nc(N)nc(Cl)n1. The highest BCUT2D eigenvalue weighted by atomic mass is 35.5. The van der Waals surface area contributed by atoms with Crippen molar-refractivity contribution < 1.29 is 0 Å². The lowest BCUT2D eigenvalue weighted by Gasteiger charge is -2.01. The van der Waals surface area contributed by atoms with E-state index in [-0.39, 0.29) is 11.2 Å². The molecule has 14 heavy (non-hydrogen) atoms. The fourth-order valence-corrected chi connectivity index (χ4v) is 1.22. The Kier molecular flexibility index (Phi) is 2.05. The molecule has 0 amide bonds. The van der Waals surface area contributed by atoms with E-state index in [0.717, 1.165) is 5.69 Å². The number of rotatable bonds is 1. The molecule has 2 aromatic rings. The molecule has 0 bridgehead atoms. The molecule has 72 valence electrons. The van der Waals surface area contributed by atoms with Gasteiger partial charge in [0.25, 0.3) is 0 Å². The number of anilines is 1. The minimum Gasteiger partial charge on any atom is -0.368 e. The predicted molar refractivity (Wildman–Crippen MR) is 51.5 cm³/mol. The molecule has 0 atom stereocenters. The quantitative estimate of drug-likeness (QED) is 0.742. The fraction of sp³-hybridized carbons (Fsp3) is 0.143. The highest BCUT2D eigenvalue weighted by Crippen LogP contribution is 2.15. The van der Waals surface area contributed by atoms with Gasteiger partial charge in [-0.3, -0.25) is 0 Å². The Morgan fingerprint density at radius 2 is 2.14 bits per heavy atom. The second-order valence-electron chi connectivity index (χ2n) is 2.68. The van der Waals surface area contributed by atoms with Gasteiger partial charge in [0.2, 0.25) is 11.2 Å². The number of aryl methyl sites for hydroxylation is 1. The number of hydrogen-bond acceptors (Lipinski definition) is 5. The summed E-state index contributed by atoms with van der Waals surface area (Å²) in [7, 11) is 1.83. The number of nitrogens with zero attached hydrogens (tertiary/aromatic N) is 5. The van der Waals surface area contributed by atoms with Gasteiger partial charge in [0.15, 0.2) is 5.82 Å². The summed E-state index contributed by atoms with van der Waals surface area (Å²) in [6.45, 7) is 0. The van der Waals surface area contributed by atoms with Crippen LogP contribution in [0.1, 0.15) is 0 Å². The molecule has 7 heteroatoms. The van der Waals surface area contributed by atoms with Gasteiger partial charge in [0, 0.05) is 7.05 Å². The van der Waals surface area contributed by atoms with Gasteiger partial charge in [-0.1, -0.05) is 0 Å². The Labute approximate surface area is 84.8 Å². The molecule has 0 aromatic carbocycles. The van der Waals surface area contributed by atoms with Crippen molar-refractivity contribution >= 4 is 17.5 Å². The molecule has 0 aliphatic rings. The summed E-state index contributed by atoms with van der Waals surface area (Å²) < 4.78 is 1.77. The molecular weight excluding hydrogens is 204 g/mol. The van der Waals surface area contributed by atoms with Crippen LogP contribution in [-0.4, -0.2) is 24.5 Å². The molecule has 6 nitrogen and oxygen atoms in total. The van der Waals surface area contributed by atoms with E-state index in [2.05, 4.69) is 19.9 Å². The number of nitrogens with two attached hydrogens (primary N) is 1. The number of halogens is 1. The molecule has 2 heterocycles. The fourth-order valence-electron chi connectivity index (χ4n) is 1.05. The summed E-state index contributed by atoms with van der Waals surface area (Å²) >= 11 is 5.65. The van der Waals surface area contributed by atoms with E-state index in [1.807, 2.05) is 7.05 Å². The molecule has 0 aliphatic heterocycles. The van der Waals surface area contributed by atoms with Crippen molar-refractivity contribution in [2.24, 2.45) is 7.05 Å². The number of nitrogen functional groups attached to an aromatic ring is 1. The van der Waals surface area contributed by atoms with Crippen molar-refractivity contribution in [3.05, 3.63) is 17.8 Å². The average Bonchev–Trinajstić information content (AvgIpc) is 2.49. The maximum absolute atomic E-state index is 5.65. The van der Waals surface area contributed by atoms with Crippen LogP contribution in [0.2, 0.25) is 5.28 Å². The molecule has 2 N–H and O–H groups in total. The summed E-state index contributed by atoms with van der Waals surface area (Å²) in [4.78, 5) is 15.5. The van der Waals surface area contributed by atoms with Gasteiger partial charge >= 0.3 is 0 Å². The monoisotopic (exact) mass is 210 g/mol. The summed E-state index contributed by atoms with van der Waals surface area (Å²) in [6.07, 6.45) is 3.27. The summed E-state index contributed by atoms with van der Waals surface area (Å²) in [6, 6.07) is 0. The van der Waals surface area contributed by atoms with Crippen LogP contribution < -0.4 is 5.73 Å². The van der Waals surface area contributed by atoms with E-state index < -0.39 is 0 Å². The molecule has 0 unspecified atom stereocenters. The highest BCUT2D eigenvalue weighted by Gasteiger charge is 2.08. The molecule has 0 saturated heterocycles. The first-order valence-electron chi connectivity index (χ1n) is 3.80. The van der Waals surface area contributed by atoms with Crippen LogP contribution in [0.15, 0.2) is 12.5 Å². The molecule has 0 fully saturated rings. The molecule has 2 rings (SSSR count). The van der Waals surface area contributed by atoms with Crippen LogP contribution in [0, 0.1) is 0 Å². The van der Waals surface area contributed by atoms with E-state index in [4.69, 9.17) is 17.3 Å². The Bertz CT molecular complexity index is 445. The molecule has 0 aliphatic carbocycles. The van der Waals surface area contributed by atoms with Crippen LogP contribution in [0.5, 0.6) is 0 Å². The van der Waals surface area contributed by atoms with Gasteiger partial charge in [-0.2, -0.15) is 15.0 Å². The summed E-state index contributed by atoms with van der Waals surface area (Å²) in [5.41, 5.74) is 6.18. The van der Waals surface area contributed by atoms with Crippen LogP contribution in [-0.2, 0) is 7.05 Å². The lowest BCUT2D eigenvalue weighted by molar-refractivity contribution is 0.904. The zero-order valence-corrected chi connectivity index (χ0v) is 8.10. The van der Waals surface area contributed by atoms with E-state index in [0.29, 0.717) is 5.82 Å². The zero-order valence-electron chi connectivity index (χ0n) is 7.35. The maximum atomic E-state index is 5.65. The average molecular weight is 211 g/mol. The second-order valence-corrected chi connectivity index (χ2v) is 3.01. The summed E-state index contributed by atoms with van der Waals surface area (Å²) in [5, 5.41) is 0.0775. The van der Waals surface area contributed by atoms with Crippen molar-refractivity contribution in [2.45, 2.75) is 0 Å². The first-order chi connectivity index (χ1) is 6.66. The van der Waals surface area contributed by atoms with Gasteiger partial charge in [0.1, 0.15) is 5.69 Å². The lowest BCUT2D eigenvalue weighted by Crippen LogP contribution is -2.02. The normalized spacial score (nSPS) is 10.4. The van der Waals surface area contributed by atoms with Crippen molar-refractivity contribution in [3.63, 3.8) is 0 Å². The van der Waals surface area contributed by atoms with E-state index >= 15 is 0 Å². The van der Waals surface area contributed by atoms with Crippen molar-refractivity contribution in [2.75, 3.05) is 5.73 Å². The minimum absolute atomic E-state index is 0.0775. The zero-order chi connectivity index (χ0) is 10.1.